The molecule has 0 N–H and O–H groups in total. The molecule has 0 bridgehead atoms. The molecule has 1 unspecified atom stereocenters. The van der Waals surface area contributed by atoms with Crippen molar-refractivity contribution in [2.75, 3.05) is 0 Å². The van der Waals surface area contributed by atoms with E-state index in [1.54, 1.807) is 6.07 Å². The molecule has 2 aromatic rings. The summed E-state index contributed by atoms with van der Waals surface area (Å²) in [5, 5.41) is 9.87. The molecule has 0 fully saturated rings. The molecule has 0 aliphatic rings. The molecule has 1 aromatic heterocycles. The fraction of sp³-hybridized carbons (Fsp3) is 0.357. The van der Waals surface area contributed by atoms with Gasteiger partial charge in [0.25, 0.3) is 0 Å². The number of hydrogen-bond donors (Lipinski definition) is 0. The van der Waals surface area contributed by atoms with Gasteiger partial charge in [-0.25, -0.2) is 0 Å². The molecule has 0 spiro atoms. The quantitative estimate of drug-likeness (QED) is 0.804. The van der Waals surface area contributed by atoms with Gasteiger partial charge in [0.15, 0.2) is 5.58 Å². The Balaban J connectivity index is 2.80. The molecular weight excluding hydrogens is 262 g/mol. The van der Waals surface area contributed by atoms with E-state index in [-0.39, 0.29) is 10.5 Å². The Morgan fingerprint density at radius 3 is 2.68 bits per heavy atom. The van der Waals surface area contributed by atoms with Crippen LogP contribution in [0.2, 0.25) is 0 Å². The molecule has 2 rings (SSSR count). The van der Waals surface area contributed by atoms with E-state index >= 15 is 0 Å². The van der Waals surface area contributed by atoms with Crippen molar-refractivity contribution in [3.63, 3.8) is 0 Å². The predicted octanol–water partition coefficient (Wildman–Crippen LogP) is 3.06. The van der Waals surface area contributed by atoms with Gasteiger partial charge >= 0.3 is 0 Å². The summed E-state index contributed by atoms with van der Waals surface area (Å²) in [5.74, 6) is 0.852. The van der Waals surface area contributed by atoms with Gasteiger partial charge in [0.05, 0.1) is 5.56 Å². The normalized spacial score (nSPS) is 12.5. The van der Waals surface area contributed by atoms with E-state index in [0.717, 1.165) is 36.0 Å². The number of rotatable bonds is 4. The Hall–Kier alpha value is -1.64. The summed E-state index contributed by atoms with van der Waals surface area (Å²) in [6.45, 7) is 4.05. The fourth-order valence-corrected chi connectivity index (χ4v) is 2.70. The zero-order valence-corrected chi connectivity index (χ0v) is 11.7. The molecule has 1 atom stereocenters. The summed E-state index contributed by atoms with van der Waals surface area (Å²) in [6, 6.07) is 4.94. The zero-order chi connectivity index (χ0) is 14.0. The maximum absolute atomic E-state index is 11.1. The first-order chi connectivity index (χ1) is 9.12. The zero-order valence-electron chi connectivity index (χ0n) is 10.9. The van der Waals surface area contributed by atoms with E-state index in [2.05, 4.69) is 6.92 Å². The number of nitrogens with zero attached hydrogens (tertiary/aromatic N) is 1. The summed E-state index contributed by atoms with van der Waals surface area (Å²) < 4.78 is 28.0. The van der Waals surface area contributed by atoms with Crippen LogP contribution < -0.4 is 0 Å². The third-order valence-corrected chi connectivity index (χ3v) is 3.71. The monoisotopic (exact) mass is 276 g/mol. The highest BCUT2D eigenvalue weighted by Crippen LogP contribution is 2.31. The van der Waals surface area contributed by atoms with Crippen LogP contribution in [0.3, 0.4) is 0 Å². The van der Waals surface area contributed by atoms with Crippen molar-refractivity contribution in [1.82, 2.24) is 0 Å². The summed E-state index contributed by atoms with van der Waals surface area (Å²) >= 11 is -2.34. The van der Waals surface area contributed by atoms with E-state index in [1.165, 1.54) is 6.07 Å². The van der Waals surface area contributed by atoms with Gasteiger partial charge in [0, 0.05) is 22.3 Å². The maximum atomic E-state index is 11.1. The highest BCUT2D eigenvalue weighted by Gasteiger charge is 2.16. The van der Waals surface area contributed by atoms with Crippen molar-refractivity contribution in [1.29, 1.82) is 5.26 Å². The predicted molar refractivity (Wildman–Crippen MR) is 71.5 cm³/mol. The highest BCUT2D eigenvalue weighted by atomic mass is 32.2. The van der Waals surface area contributed by atoms with Crippen LogP contribution in [0.25, 0.3) is 11.0 Å². The van der Waals surface area contributed by atoms with Crippen molar-refractivity contribution in [3.8, 4) is 6.07 Å². The minimum Gasteiger partial charge on any atom is -0.768 e. The van der Waals surface area contributed by atoms with Gasteiger partial charge in [-0.1, -0.05) is 13.8 Å². The van der Waals surface area contributed by atoms with Gasteiger partial charge in [-0.15, -0.1) is 0 Å². The molecule has 0 aliphatic carbocycles. The van der Waals surface area contributed by atoms with Crippen molar-refractivity contribution >= 4 is 22.0 Å². The summed E-state index contributed by atoms with van der Waals surface area (Å²) in [6.07, 6.45) is 2.48. The van der Waals surface area contributed by atoms with Crippen molar-refractivity contribution in [3.05, 3.63) is 29.0 Å². The number of furan rings is 1. The second-order valence-electron chi connectivity index (χ2n) is 4.30. The lowest BCUT2D eigenvalue weighted by molar-refractivity contribution is 0.536. The first kappa shape index (κ1) is 13.8. The van der Waals surface area contributed by atoms with E-state index in [0.29, 0.717) is 5.58 Å². The van der Waals surface area contributed by atoms with Crippen molar-refractivity contribution in [2.24, 2.45) is 0 Å². The van der Waals surface area contributed by atoms with Gasteiger partial charge < -0.3 is 8.97 Å². The second kappa shape index (κ2) is 5.55. The molecule has 1 heterocycles. The Bertz CT molecular complexity index is 682. The lowest BCUT2D eigenvalue weighted by Crippen LogP contribution is -1.91. The van der Waals surface area contributed by atoms with Crippen molar-refractivity contribution in [2.45, 2.75) is 38.0 Å². The third-order valence-electron chi connectivity index (χ3n) is 3.09. The molecule has 1 aromatic carbocycles. The number of nitriles is 1. The first-order valence-corrected chi connectivity index (χ1v) is 7.27. The van der Waals surface area contributed by atoms with E-state index in [9.17, 15) is 8.76 Å². The standard InChI is InChI=1S/C14H15NO3S/c1-3-5-13-11(4-2)12-7-10(19(16)17)6-9(8-15)14(12)18-13/h6-7H,3-5H2,1-2H3,(H,16,17)/p-1. The van der Waals surface area contributed by atoms with E-state index in [1.807, 2.05) is 13.0 Å². The smallest absolute Gasteiger partial charge is 0.152 e. The van der Waals surface area contributed by atoms with Gasteiger partial charge in [0.2, 0.25) is 0 Å². The first-order valence-electron chi connectivity index (χ1n) is 6.20. The molecule has 19 heavy (non-hydrogen) atoms. The molecule has 100 valence electrons. The molecule has 0 saturated heterocycles. The average molecular weight is 276 g/mol. The Kier molecular flexibility index (Phi) is 4.03. The van der Waals surface area contributed by atoms with Crippen LogP contribution in [-0.4, -0.2) is 8.76 Å². The van der Waals surface area contributed by atoms with Crippen LogP contribution >= 0.6 is 0 Å². The van der Waals surface area contributed by atoms with E-state index in [4.69, 9.17) is 9.68 Å². The van der Waals surface area contributed by atoms with Gasteiger partial charge in [0.1, 0.15) is 11.8 Å². The van der Waals surface area contributed by atoms with Crippen LogP contribution in [-0.2, 0) is 23.9 Å². The van der Waals surface area contributed by atoms with Crippen LogP contribution in [0, 0.1) is 11.3 Å². The lowest BCUT2D eigenvalue weighted by atomic mass is 10.0. The molecule has 5 heteroatoms. The Morgan fingerprint density at radius 1 is 1.42 bits per heavy atom. The molecule has 0 saturated carbocycles. The average Bonchev–Trinajstić information content (AvgIpc) is 2.75. The molecule has 4 nitrogen and oxygen atoms in total. The van der Waals surface area contributed by atoms with E-state index < -0.39 is 11.1 Å². The van der Waals surface area contributed by atoms with Gasteiger partial charge in [-0.05, 0) is 36.1 Å². The molecule has 0 amide bonds. The van der Waals surface area contributed by atoms with Gasteiger partial charge in [-0.2, -0.15) is 5.26 Å². The number of hydrogen-bond acceptors (Lipinski definition) is 4. The second-order valence-corrected chi connectivity index (χ2v) is 5.24. The number of aryl methyl sites for hydroxylation is 2. The van der Waals surface area contributed by atoms with Crippen LogP contribution in [0.15, 0.2) is 21.4 Å². The topological polar surface area (TPSA) is 77.1 Å². The van der Waals surface area contributed by atoms with Crippen LogP contribution in [0.5, 0.6) is 0 Å². The van der Waals surface area contributed by atoms with Crippen LogP contribution in [0.4, 0.5) is 0 Å². The van der Waals surface area contributed by atoms with Crippen molar-refractivity contribution < 1.29 is 13.2 Å². The maximum Gasteiger partial charge on any atom is 0.152 e. The lowest BCUT2D eigenvalue weighted by Gasteiger charge is -2.05. The molecular formula is C14H14NO3S-. The Morgan fingerprint density at radius 2 is 2.16 bits per heavy atom. The van der Waals surface area contributed by atoms with Crippen LogP contribution in [0.1, 0.15) is 37.2 Å². The third kappa shape index (κ3) is 2.42. The van der Waals surface area contributed by atoms with Gasteiger partial charge in [-0.3, -0.25) is 4.21 Å². The minimum absolute atomic E-state index is 0.127. The summed E-state index contributed by atoms with van der Waals surface area (Å²) in [7, 11) is 0. The molecule has 0 radical (unpaired) electrons. The largest absolute Gasteiger partial charge is 0.768 e. The summed E-state index contributed by atoms with van der Waals surface area (Å²) in [5.41, 5.74) is 1.77. The Labute approximate surface area is 114 Å². The number of benzene rings is 1. The fourth-order valence-electron chi connectivity index (χ4n) is 2.27. The SMILES string of the molecule is CCCc1oc2c(C#N)cc(S(=O)[O-])cc2c1CC. The number of fused-ring (bicyclic) bond motifs is 1. The highest BCUT2D eigenvalue weighted by molar-refractivity contribution is 7.79. The summed E-state index contributed by atoms with van der Waals surface area (Å²) in [4.78, 5) is 0.127. The minimum atomic E-state index is -2.34. The molecule has 0 aliphatic heterocycles.